The Balaban J connectivity index is 1.76. The summed E-state index contributed by atoms with van der Waals surface area (Å²) in [6.45, 7) is 0. The van der Waals surface area contributed by atoms with Gasteiger partial charge in [0, 0.05) is 12.0 Å². The molecule has 0 aliphatic carbocycles. The molecule has 7 heteroatoms. The number of carbonyl (C=O) groups is 1. The quantitative estimate of drug-likeness (QED) is 0.775. The Morgan fingerprint density at radius 1 is 1.19 bits per heavy atom. The van der Waals surface area contributed by atoms with Crippen molar-refractivity contribution in [2.75, 3.05) is 7.11 Å². The van der Waals surface area contributed by atoms with E-state index in [1.165, 1.54) is 18.4 Å². The average Bonchev–Trinajstić information content (AvgIpc) is 3.42. The summed E-state index contributed by atoms with van der Waals surface area (Å²) in [7, 11) is 1.48. The number of ether oxygens (including phenoxy) is 1. The van der Waals surface area contributed by atoms with Crippen LogP contribution in [0.2, 0.25) is 0 Å². The molecule has 1 amide bonds. The number of nitrogens with zero attached hydrogens (tertiary/aromatic N) is 2. The summed E-state index contributed by atoms with van der Waals surface area (Å²) >= 11 is 0. The van der Waals surface area contributed by atoms with E-state index in [2.05, 4.69) is 5.10 Å². The van der Waals surface area contributed by atoms with Crippen molar-refractivity contribution in [1.29, 1.82) is 0 Å². The molecule has 0 fully saturated rings. The zero-order valence-electron chi connectivity index (χ0n) is 14.0. The second-order valence-electron chi connectivity index (χ2n) is 5.77. The molecule has 26 heavy (non-hydrogen) atoms. The number of amides is 1. The predicted molar refractivity (Wildman–Crippen MR) is 92.1 cm³/mol. The third-order valence-corrected chi connectivity index (χ3v) is 4.27. The number of methoxy groups -OCH3 is 1. The van der Waals surface area contributed by atoms with Gasteiger partial charge >= 0.3 is 5.91 Å². The standard InChI is InChI=1S/C19H16N2O5/c1-24-16-6-2-5-12(18(16)22)14-11-13(15-7-3-9-25-15)20-21(14)19(23)17-8-4-10-26-17/h2-10,14,22H,11H2,1H3/t14-/m1/s1. The molecule has 0 bridgehead atoms. The maximum Gasteiger partial charge on any atom is 0.310 e. The fraction of sp³-hybridized carbons (Fsp3) is 0.158. The van der Waals surface area contributed by atoms with Crippen molar-refractivity contribution >= 4 is 11.6 Å². The number of rotatable bonds is 4. The zero-order chi connectivity index (χ0) is 18.1. The van der Waals surface area contributed by atoms with Gasteiger partial charge in [-0.05, 0) is 30.3 Å². The highest BCUT2D eigenvalue weighted by atomic mass is 16.5. The van der Waals surface area contributed by atoms with Crippen LogP contribution < -0.4 is 4.74 Å². The summed E-state index contributed by atoms with van der Waals surface area (Å²) in [5.41, 5.74) is 1.15. The highest BCUT2D eigenvalue weighted by Gasteiger charge is 2.37. The van der Waals surface area contributed by atoms with E-state index >= 15 is 0 Å². The lowest BCUT2D eigenvalue weighted by Crippen LogP contribution is -2.26. The van der Waals surface area contributed by atoms with Crippen molar-refractivity contribution in [1.82, 2.24) is 5.01 Å². The van der Waals surface area contributed by atoms with Crippen LogP contribution in [-0.4, -0.2) is 28.8 Å². The van der Waals surface area contributed by atoms with E-state index < -0.39 is 11.9 Å². The van der Waals surface area contributed by atoms with E-state index in [1.54, 1.807) is 48.7 Å². The van der Waals surface area contributed by atoms with Crippen molar-refractivity contribution in [2.45, 2.75) is 12.5 Å². The number of benzene rings is 1. The lowest BCUT2D eigenvalue weighted by Gasteiger charge is -2.22. The van der Waals surface area contributed by atoms with Crippen molar-refractivity contribution in [2.24, 2.45) is 5.10 Å². The van der Waals surface area contributed by atoms with Gasteiger partial charge in [-0.15, -0.1) is 0 Å². The highest BCUT2D eigenvalue weighted by Crippen LogP contribution is 2.41. The normalized spacial score (nSPS) is 16.6. The van der Waals surface area contributed by atoms with Crippen LogP contribution in [0.3, 0.4) is 0 Å². The van der Waals surface area contributed by atoms with Gasteiger partial charge in [0.25, 0.3) is 0 Å². The summed E-state index contributed by atoms with van der Waals surface area (Å²) in [6.07, 6.45) is 3.37. The second kappa shape index (κ2) is 6.44. The van der Waals surface area contributed by atoms with Crippen LogP contribution in [0.1, 0.15) is 34.3 Å². The number of furan rings is 2. The van der Waals surface area contributed by atoms with Gasteiger partial charge in [0.15, 0.2) is 17.3 Å². The first kappa shape index (κ1) is 16.0. The number of para-hydroxylation sites is 1. The molecule has 0 radical (unpaired) electrons. The number of phenols is 1. The monoisotopic (exact) mass is 352 g/mol. The molecule has 1 aliphatic rings. The maximum atomic E-state index is 12.9. The Bertz CT molecular complexity index is 944. The lowest BCUT2D eigenvalue weighted by atomic mass is 9.99. The second-order valence-corrected chi connectivity index (χ2v) is 5.77. The molecule has 1 aliphatic heterocycles. The van der Waals surface area contributed by atoms with Crippen LogP contribution >= 0.6 is 0 Å². The van der Waals surface area contributed by atoms with E-state index in [0.717, 1.165) is 0 Å². The first-order valence-corrected chi connectivity index (χ1v) is 8.03. The topological polar surface area (TPSA) is 88.4 Å². The van der Waals surface area contributed by atoms with Gasteiger partial charge in [-0.1, -0.05) is 12.1 Å². The van der Waals surface area contributed by atoms with Crippen LogP contribution in [0.4, 0.5) is 0 Å². The van der Waals surface area contributed by atoms with Gasteiger partial charge in [-0.2, -0.15) is 5.10 Å². The fourth-order valence-corrected chi connectivity index (χ4v) is 3.02. The average molecular weight is 352 g/mol. The molecular weight excluding hydrogens is 336 g/mol. The molecule has 132 valence electrons. The number of carbonyl (C=O) groups excluding carboxylic acids is 1. The zero-order valence-corrected chi connectivity index (χ0v) is 14.0. The van der Waals surface area contributed by atoms with E-state index in [1.807, 2.05) is 0 Å². The third kappa shape index (κ3) is 2.63. The first-order valence-electron chi connectivity index (χ1n) is 8.03. The number of hydrazone groups is 1. The molecule has 0 spiro atoms. The molecule has 3 heterocycles. The molecule has 0 unspecified atom stereocenters. The van der Waals surface area contributed by atoms with Gasteiger partial charge in [0.1, 0.15) is 11.5 Å². The van der Waals surface area contributed by atoms with Gasteiger partial charge in [0.05, 0.1) is 25.7 Å². The molecule has 0 saturated carbocycles. The minimum atomic E-state index is -0.511. The third-order valence-electron chi connectivity index (χ3n) is 4.27. The van der Waals surface area contributed by atoms with E-state index in [0.29, 0.717) is 29.2 Å². The lowest BCUT2D eigenvalue weighted by molar-refractivity contribution is 0.0676. The molecule has 4 rings (SSSR count). The Morgan fingerprint density at radius 2 is 2.00 bits per heavy atom. The Morgan fingerprint density at radius 3 is 2.69 bits per heavy atom. The first-order chi connectivity index (χ1) is 12.7. The van der Waals surface area contributed by atoms with Gasteiger partial charge in [-0.3, -0.25) is 4.79 Å². The van der Waals surface area contributed by atoms with E-state index in [-0.39, 0.29) is 11.5 Å². The molecule has 1 N–H and O–H groups in total. The summed E-state index contributed by atoms with van der Waals surface area (Å²) < 4.78 is 15.8. The van der Waals surface area contributed by atoms with Crippen LogP contribution in [-0.2, 0) is 0 Å². The van der Waals surface area contributed by atoms with E-state index in [4.69, 9.17) is 13.6 Å². The Hall–Kier alpha value is -3.48. The molecular formula is C19H16N2O5. The van der Waals surface area contributed by atoms with Gasteiger partial charge in [0.2, 0.25) is 0 Å². The minimum Gasteiger partial charge on any atom is -0.504 e. The summed E-state index contributed by atoms with van der Waals surface area (Å²) in [4.78, 5) is 12.9. The molecule has 1 atom stereocenters. The number of hydrogen-bond donors (Lipinski definition) is 1. The Kier molecular flexibility index (Phi) is 3.96. The van der Waals surface area contributed by atoms with E-state index in [9.17, 15) is 9.90 Å². The van der Waals surface area contributed by atoms with Crippen molar-refractivity contribution in [3.05, 3.63) is 72.1 Å². The number of phenolic OH excluding ortho intramolecular Hbond substituents is 1. The SMILES string of the molecule is COc1cccc([C@H]2CC(c3ccco3)=NN2C(=O)c2ccco2)c1O. The predicted octanol–water partition coefficient (Wildman–Crippen LogP) is 3.58. The number of hydrogen-bond acceptors (Lipinski definition) is 6. The van der Waals surface area contributed by atoms with Crippen LogP contribution in [0, 0.1) is 0 Å². The highest BCUT2D eigenvalue weighted by molar-refractivity contribution is 6.02. The van der Waals surface area contributed by atoms with Crippen molar-refractivity contribution in [3.8, 4) is 11.5 Å². The minimum absolute atomic E-state index is 0.0202. The van der Waals surface area contributed by atoms with Crippen molar-refractivity contribution < 1.29 is 23.5 Å². The van der Waals surface area contributed by atoms with Crippen LogP contribution in [0.25, 0.3) is 0 Å². The smallest absolute Gasteiger partial charge is 0.310 e. The fourth-order valence-electron chi connectivity index (χ4n) is 3.02. The van der Waals surface area contributed by atoms with Gasteiger partial charge < -0.3 is 18.7 Å². The molecule has 3 aromatic rings. The maximum absolute atomic E-state index is 12.9. The van der Waals surface area contributed by atoms with Crippen molar-refractivity contribution in [3.63, 3.8) is 0 Å². The van der Waals surface area contributed by atoms with Crippen LogP contribution in [0.5, 0.6) is 11.5 Å². The Labute approximate surface area is 149 Å². The van der Waals surface area contributed by atoms with Gasteiger partial charge in [-0.25, -0.2) is 5.01 Å². The molecule has 2 aromatic heterocycles. The van der Waals surface area contributed by atoms with Crippen LogP contribution in [0.15, 0.2) is 68.9 Å². The molecule has 0 saturated heterocycles. The molecule has 1 aromatic carbocycles. The summed E-state index contributed by atoms with van der Waals surface area (Å²) in [6, 6.07) is 11.4. The summed E-state index contributed by atoms with van der Waals surface area (Å²) in [5, 5.41) is 16.3. The molecule has 7 nitrogen and oxygen atoms in total. The number of aromatic hydroxyl groups is 1. The summed E-state index contributed by atoms with van der Waals surface area (Å²) in [5.74, 6) is 0.658. The largest absolute Gasteiger partial charge is 0.504 e.